The first-order valence-electron chi connectivity index (χ1n) is 13.6. The Morgan fingerprint density at radius 2 is 1.86 bits per heavy atom. The Hall–Kier alpha value is -3.79. The second kappa shape index (κ2) is 13.0. The molecule has 0 aliphatic carbocycles. The van der Waals surface area contributed by atoms with Crippen LogP contribution in [0.4, 0.5) is 5.69 Å². The number of nitrogens with zero attached hydrogens (tertiary/aromatic N) is 1. The van der Waals surface area contributed by atoms with Crippen molar-refractivity contribution in [3.63, 3.8) is 0 Å². The standard InChI is InChI=1S/C31H31Cl2N3O6/c1-36-25-11-9-20(15-29(37)34-16-18-7-10-23(32)24(33)13-18)42-28(25)17-41-27-12-8-19(14-22(27)31(36)39)35-30(38)21-5-3-4-6-26(21)40-2/h3-8,10,12-14,20,25,28H,9,11,15-17H2,1-2H3,(H,34,37)(H,35,38)/t20-,25+,28+/m0/s1. The number of ether oxygens (including phenoxy) is 3. The van der Waals surface area contributed by atoms with E-state index in [1.54, 1.807) is 66.5 Å². The predicted octanol–water partition coefficient (Wildman–Crippen LogP) is 5.34. The van der Waals surface area contributed by atoms with Gasteiger partial charge in [0.15, 0.2) is 0 Å². The summed E-state index contributed by atoms with van der Waals surface area (Å²) < 4.78 is 17.6. The van der Waals surface area contributed by atoms with E-state index < -0.39 is 6.10 Å². The van der Waals surface area contributed by atoms with E-state index in [9.17, 15) is 14.4 Å². The summed E-state index contributed by atoms with van der Waals surface area (Å²) in [5.74, 6) is 0.104. The molecule has 42 heavy (non-hydrogen) atoms. The van der Waals surface area contributed by atoms with Crippen molar-refractivity contribution in [3.8, 4) is 11.5 Å². The molecule has 11 heteroatoms. The Balaban J connectivity index is 1.22. The topological polar surface area (TPSA) is 106 Å². The highest BCUT2D eigenvalue weighted by molar-refractivity contribution is 6.42. The van der Waals surface area contributed by atoms with Crippen molar-refractivity contribution in [2.24, 2.45) is 0 Å². The van der Waals surface area contributed by atoms with Gasteiger partial charge in [0.2, 0.25) is 5.91 Å². The number of halogens is 2. The molecule has 0 radical (unpaired) electrons. The average molecular weight is 613 g/mol. The molecule has 3 amide bonds. The molecule has 3 aromatic rings. The zero-order valence-electron chi connectivity index (χ0n) is 23.2. The quantitative estimate of drug-likeness (QED) is 0.373. The molecule has 0 spiro atoms. The van der Waals surface area contributed by atoms with Crippen molar-refractivity contribution in [2.45, 2.75) is 44.1 Å². The van der Waals surface area contributed by atoms with Crippen LogP contribution in [-0.4, -0.2) is 61.6 Å². The molecule has 0 saturated carbocycles. The number of para-hydroxylation sites is 1. The minimum Gasteiger partial charge on any atom is -0.496 e. The van der Waals surface area contributed by atoms with E-state index in [1.807, 2.05) is 6.07 Å². The summed E-state index contributed by atoms with van der Waals surface area (Å²) >= 11 is 12.0. The van der Waals surface area contributed by atoms with Crippen LogP contribution in [0.3, 0.4) is 0 Å². The van der Waals surface area contributed by atoms with Gasteiger partial charge < -0.3 is 29.7 Å². The Labute approximate surface area is 254 Å². The van der Waals surface area contributed by atoms with Gasteiger partial charge >= 0.3 is 0 Å². The summed E-state index contributed by atoms with van der Waals surface area (Å²) in [7, 11) is 3.24. The van der Waals surface area contributed by atoms with E-state index >= 15 is 0 Å². The number of carbonyl (C=O) groups excluding carboxylic acids is 3. The van der Waals surface area contributed by atoms with Gasteiger partial charge in [-0.25, -0.2) is 0 Å². The smallest absolute Gasteiger partial charge is 0.259 e. The molecule has 5 rings (SSSR count). The second-order valence-corrected chi connectivity index (χ2v) is 11.1. The van der Waals surface area contributed by atoms with Crippen LogP contribution < -0.4 is 20.1 Å². The lowest BCUT2D eigenvalue weighted by molar-refractivity contribution is -0.134. The van der Waals surface area contributed by atoms with Gasteiger partial charge in [0.25, 0.3) is 11.8 Å². The first-order valence-corrected chi connectivity index (χ1v) is 14.3. The van der Waals surface area contributed by atoms with Crippen LogP contribution in [0.1, 0.15) is 45.5 Å². The van der Waals surface area contributed by atoms with Crippen molar-refractivity contribution in [1.82, 2.24) is 10.2 Å². The van der Waals surface area contributed by atoms with Crippen molar-refractivity contribution < 1.29 is 28.6 Å². The first kappa shape index (κ1) is 29.7. The third-order valence-electron chi connectivity index (χ3n) is 7.51. The van der Waals surface area contributed by atoms with Crippen LogP contribution in [-0.2, 0) is 16.1 Å². The van der Waals surface area contributed by atoms with Crippen LogP contribution >= 0.6 is 23.2 Å². The van der Waals surface area contributed by atoms with Crippen LogP contribution in [0.15, 0.2) is 60.7 Å². The summed E-state index contributed by atoms with van der Waals surface area (Å²) in [5.41, 5.74) is 2.03. The largest absolute Gasteiger partial charge is 0.496 e. The fraction of sp³-hybridized carbons (Fsp3) is 0.323. The number of rotatable bonds is 7. The molecule has 0 unspecified atom stereocenters. The van der Waals surface area contributed by atoms with Crippen LogP contribution in [0.25, 0.3) is 0 Å². The van der Waals surface area contributed by atoms with Gasteiger partial charge in [0.1, 0.15) is 24.2 Å². The molecule has 1 fully saturated rings. The molecule has 0 bridgehead atoms. The minimum absolute atomic E-state index is 0.145. The molecule has 2 aliphatic rings. The third kappa shape index (κ3) is 6.64. The van der Waals surface area contributed by atoms with E-state index in [2.05, 4.69) is 10.6 Å². The number of methoxy groups -OCH3 is 1. The highest BCUT2D eigenvalue weighted by Gasteiger charge is 2.39. The second-order valence-electron chi connectivity index (χ2n) is 10.3. The summed E-state index contributed by atoms with van der Waals surface area (Å²) in [5, 5.41) is 6.63. The highest BCUT2D eigenvalue weighted by atomic mass is 35.5. The summed E-state index contributed by atoms with van der Waals surface area (Å²) in [6, 6.07) is 16.9. The van der Waals surface area contributed by atoms with E-state index in [0.29, 0.717) is 57.7 Å². The van der Waals surface area contributed by atoms with Crippen molar-refractivity contribution in [2.75, 3.05) is 26.1 Å². The molecular formula is C31H31Cl2N3O6. The number of likely N-dealkylation sites (N-methyl/N-ethyl adjacent to an activating group) is 1. The number of nitrogens with one attached hydrogen (secondary N) is 2. The van der Waals surface area contributed by atoms with E-state index in [1.165, 1.54) is 7.11 Å². The molecule has 220 valence electrons. The molecule has 0 aromatic heterocycles. The number of hydrogen-bond donors (Lipinski definition) is 2. The summed E-state index contributed by atoms with van der Waals surface area (Å²) in [6.45, 7) is 0.538. The molecule has 2 heterocycles. The van der Waals surface area contributed by atoms with Gasteiger partial charge in [-0.2, -0.15) is 0 Å². The number of hydrogen-bond acceptors (Lipinski definition) is 6. The fourth-order valence-electron chi connectivity index (χ4n) is 5.27. The molecule has 3 atom stereocenters. The van der Waals surface area contributed by atoms with Crippen LogP contribution in [0, 0.1) is 0 Å². The number of amides is 3. The Morgan fingerprint density at radius 3 is 2.64 bits per heavy atom. The van der Waals surface area contributed by atoms with E-state index in [-0.39, 0.29) is 42.9 Å². The van der Waals surface area contributed by atoms with E-state index in [0.717, 1.165) is 5.56 Å². The van der Waals surface area contributed by atoms with E-state index in [4.69, 9.17) is 37.4 Å². The normalized spacial score (nSPS) is 19.9. The summed E-state index contributed by atoms with van der Waals surface area (Å²) in [4.78, 5) is 40.8. The lowest BCUT2D eigenvalue weighted by Gasteiger charge is -2.42. The molecular weight excluding hydrogens is 581 g/mol. The van der Waals surface area contributed by atoms with Gasteiger partial charge in [-0.15, -0.1) is 0 Å². The lowest BCUT2D eigenvalue weighted by atomic mass is 9.94. The minimum atomic E-state index is -0.404. The number of benzene rings is 3. The Morgan fingerprint density at radius 1 is 1.05 bits per heavy atom. The average Bonchev–Trinajstić information content (AvgIpc) is 2.99. The lowest BCUT2D eigenvalue weighted by Crippen LogP contribution is -2.53. The van der Waals surface area contributed by atoms with Crippen LogP contribution in [0.2, 0.25) is 10.0 Å². The monoisotopic (exact) mass is 611 g/mol. The van der Waals surface area contributed by atoms with Crippen molar-refractivity contribution >= 4 is 46.6 Å². The zero-order valence-corrected chi connectivity index (χ0v) is 24.7. The van der Waals surface area contributed by atoms with Crippen molar-refractivity contribution in [1.29, 1.82) is 0 Å². The van der Waals surface area contributed by atoms with Gasteiger partial charge in [-0.05, 0) is 60.9 Å². The Bertz CT molecular complexity index is 1500. The maximum absolute atomic E-state index is 13.6. The highest BCUT2D eigenvalue weighted by Crippen LogP contribution is 2.33. The fourth-order valence-corrected chi connectivity index (χ4v) is 5.59. The number of carbonyl (C=O) groups is 3. The molecule has 9 nitrogen and oxygen atoms in total. The SMILES string of the molecule is COc1ccccc1C(=O)Nc1ccc2c(c1)C(=O)N(C)[C@@H]1CC[C@@H](CC(=O)NCc3ccc(Cl)c(Cl)c3)O[C@@H]1CO2. The molecule has 2 N–H and O–H groups in total. The van der Waals surface area contributed by atoms with Crippen molar-refractivity contribution in [3.05, 3.63) is 87.4 Å². The Kier molecular flexibility index (Phi) is 9.21. The van der Waals surface area contributed by atoms with Gasteiger partial charge in [0, 0.05) is 19.3 Å². The summed E-state index contributed by atoms with van der Waals surface area (Å²) in [6.07, 6.45) is 0.743. The van der Waals surface area contributed by atoms with Gasteiger partial charge in [-0.1, -0.05) is 41.4 Å². The molecule has 2 aliphatic heterocycles. The van der Waals surface area contributed by atoms with Crippen LogP contribution in [0.5, 0.6) is 11.5 Å². The number of fused-ring (bicyclic) bond motifs is 2. The molecule has 1 saturated heterocycles. The van der Waals surface area contributed by atoms with Gasteiger partial charge in [0.05, 0.1) is 46.8 Å². The van der Waals surface area contributed by atoms with Gasteiger partial charge in [-0.3, -0.25) is 14.4 Å². The third-order valence-corrected chi connectivity index (χ3v) is 8.25. The molecule has 3 aromatic carbocycles. The predicted molar refractivity (Wildman–Crippen MR) is 160 cm³/mol. The number of anilines is 1. The zero-order chi connectivity index (χ0) is 29.8. The maximum atomic E-state index is 13.6. The maximum Gasteiger partial charge on any atom is 0.259 e. The first-order chi connectivity index (χ1) is 20.2.